The van der Waals surface area contributed by atoms with Crippen LogP contribution in [0.1, 0.15) is 23.5 Å². The Balaban J connectivity index is 2.03. The van der Waals surface area contributed by atoms with Crippen LogP contribution in [0.3, 0.4) is 0 Å². The zero-order chi connectivity index (χ0) is 14.8. The van der Waals surface area contributed by atoms with Crippen LogP contribution >= 0.6 is 12.2 Å². The maximum absolute atomic E-state index is 9.33. The minimum Gasteiger partial charge on any atom is -0.395 e. The fraction of sp³-hybridized carbons (Fsp3) is 0.333. The first-order chi connectivity index (χ1) is 10.2. The van der Waals surface area contributed by atoms with Crippen molar-refractivity contribution in [3.8, 4) is 0 Å². The molecule has 5 nitrogen and oxygen atoms in total. The molecule has 1 aliphatic rings. The third-order valence-electron chi connectivity index (χ3n) is 3.83. The first kappa shape index (κ1) is 14.0. The monoisotopic (exact) mass is 302 g/mol. The number of aliphatic hydroxyl groups is 1. The minimum absolute atomic E-state index is 0.0150. The number of aromatic nitrogens is 2. The summed E-state index contributed by atoms with van der Waals surface area (Å²) < 4.78 is 2.08. The van der Waals surface area contributed by atoms with E-state index in [2.05, 4.69) is 20.9 Å². The van der Waals surface area contributed by atoms with Gasteiger partial charge in [0.1, 0.15) is 0 Å². The molecule has 0 bridgehead atoms. The van der Waals surface area contributed by atoms with E-state index < -0.39 is 0 Å². The van der Waals surface area contributed by atoms with Crippen molar-refractivity contribution in [2.45, 2.75) is 12.1 Å². The number of aliphatic hydroxyl groups excluding tert-OH is 1. The maximum Gasteiger partial charge on any atom is 0.170 e. The van der Waals surface area contributed by atoms with Crippen LogP contribution in [-0.2, 0) is 7.05 Å². The number of nitrogens with one attached hydrogen (secondary N) is 1. The molecule has 2 aromatic rings. The zero-order valence-electron chi connectivity index (χ0n) is 11.8. The summed E-state index contributed by atoms with van der Waals surface area (Å²) in [6.07, 6.45) is 3.81. The highest BCUT2D eigenvalue weighted by molar-refractivity contribution is 7.80. The van der Waals surface area contributed by atoms with Gasteiger partial charge in [0.2, 0.25) is 0 Å². The van der Waals surface area contributed by atoms with Gasteiger partial charge in [0.05, 0.1) is 24.4 Å². The number of hydrogen-bond donors (Lipinski definition) is 2. The van der Waals surface area contributed by atoms with Crippen LogP contribution < -0.4 is 5.32 Å². The quantitative estimate of drug-likeness (QED) is 0.836. The average molecular weight is 302 g/mol. The van der Waals surface area contributed by atoms with E-state index in [0.29, 0.717) is 11.7 Å². The normalized spacial score (nSPS) is 21.6. The second kappa shape index (κ2) is 5.83. The lowest BCUT2D eigenvalue weighted by molar-refractivity contribution is 0.219. The van der Waals surface area contributed by atoms with E-state index in [4.69, 9.17) is 12.2 Å². The summed E-state index contributed by atoms with van der Waals surface area (Å²) in [6.45, 7) is 0.572. The third kappa shape index (κ3) is 2.52. The number of pyridine rings is 1. The number of β-amino-alcohol motifs (C(OH)–C–C–N with tert-alkyl or cyclic N) is 1. The molecule has 21 heavy (non-hydrogen) atoms. The Kier molecular flexibility index (Phi) is 3.90. The van der Waals surface area contributed by atoms with Gasteiger partial charge in [-0.15, -0.1) is 0 Å². The number of aryl methyl sites for hydroxylation is 1. The molecule has 0 aromatic carbocycles. The molecular weight excluding hydrogens is 284 g/mol. The van der Waals surface area contributed by atoms with Crippen LogP contribution in [0.2, 0.25) is 0 Å². The Labute approximate surface area is 129 Å². The topological polar surface area (TPSA) is 53.3 Å². The largest absolute Gasteiger partial charge is 0.395 e. The van der Waals surface area contributed by atoms with Crippen LogP contribution in [0.4, 0.5) is 0 Å². The van der Waals surface area contributed by atoms with Gasteiger partial charge in [-0.05, 0) is 36.5 Å². The van der Waals surface area contributed by atoms with Gasteiger partial charge in [0, 0.05) is 31.7 Å². The Morgan fingerprint density at radius 3 is 2.81 bits per heavy atom. The minimum atomic E-state index is -0.0150. The fourth-order valence-electron chi connectivity index (χ4n) is 2.86. The fourth-order valence-corrected chi connectivity index (χ4v) is 3.19. The van der Waals surface area contributed by atoms with E-state index in [-0.39, 0.29) is 18.7 Å². The highest BCUT2D eigenvalue weighted by Crippen LogP contribution is 2.37. The van der Waals surface area contributed by atoms with E-state index >= 15 is 0 Å². The molecule has 110 valence electrons. The van der Waals surface area contributed by atoms with Crippen molar-refractivity contribution in [1.82, 2.24) is 19.8 Å². The molecule has 1 fully saturated rings. The molecule has 2 atom stereocenters. The van der Waals surface area contributed by atoms with Gasteiger partial charge >= 0.3 is 0 Å². The Morgan fingerprint density at radius 1 is 1.33 bits per heavy atom. The third-order valence-corrected chi connectivity index (χ3v) is 4.18. The molecule has 2 aromatic heterocycles. The van der Waals surface area contributed by atoms with E-state index in [0.717, 1.165) is 11.4 Å². The lowest BCUT2D eigenvalue weighted by Crippen LogP contribution is -2.32. The van der Waals surface area contributed by atoms with Crippen LogP contribution in [0.5, 0.6) is 0 Å². The van der Waals surface area contributed by atoms with Crippen LogP contribution in [0.15, 0.2) is 42.7 Å². The summed E-state index contributed by atoms with van der Waals surface area (Å²) in [5, 5.41) is 13.3. The van der Waals surface area contributed by atoms with Crippen molar-refractivity contribution in [1.29, 1.82) is 0 Å². The van der Waals surface area contributed by atoms with Gasteiger partial charge in [0.15, 0.2) is 5.11 Å². The second-order valence-corrected chi connectivity index (χ2v) is 5.47. The number of rotatable bonds is 4. The molecule has 2 N–H and O–H groups in total. The molecule has 0 amide bonds. The Hall–Kier alpha value is -1.92. The lowest BCUT2D eigenvalue weighted by Gasteiger charge is -2.27. The van der Waals surface area contributed by atoms with E-state index in [9.17, 15) is 5.11 Å². The van der Waals surface area contributed by atoms with Crippen molar-refractivity contribution in [3.63, 3.8) is 0 Å². The SMILES string of the molecule is Cn1cccc1[C@H]1[C@H](c2ccccn2)NC(=S)N1CCO. The molecule has 6 heteroatoms. The van der Waals surface area contributed by atoms with Crippen molar-refractivity contribution in [3.05, 3.63) is 54.1 Å². The van der Waals surface area contributed by atoms with Crippen LogP contribution in [0.25, 0.3) is 0 Å². The summed E-state index contributed by atoms with van der Waals surface area (Å²) in [4.78, 5) is 6.49. The van der Waals surface area contributed by atoms with Crippen molar-refractivity contribution in [2.75, 3.05) is 13.2 Å². The smallest absolute Gasteiger partial charge is 0.170 e. The first-order valence-corrected chi connectivity index (χ1v) is 7.33. The van der Waals surface area contributed by atoms with Gasteiger partial charge in [-0.25, -0.2) is 0 Å². The summed E-state index contributed by atoms with van der Waals surface area (Å²) in [6, 6.07) is 9.99. The summed E-state index contributed by atoms with van der Waals surface area (Å²) in [5.41, 5.74) is 2.10. The van der Waals surface area contributed by atoms with Gasteiger partial charge in [0.25, 0.3) is 0 Å². The van der Waals surface area contributed by atoms with E-state index in [1.165, 1.54) is 0 Å². The Morgan fingerprint density at radius 2 is 2.19 bits per heavy atom. The first-order valence-electron chi connectivity index (χ1n) is 6.92. The second-order valence-electron chi connectivity index (χ2n) is 5.09. The van der Waals surface area contributed by atoms with Gasteiger partial charge in [-0.2, -0.15) is 0 Å². The van der Waals surface area contributed by atoms with E-state index in [1.54, 1.807) is 6.20 Å². The summed E-state index contributed by atoms with van der Waals surface area (Å²) in [5.74, 6) is 0. The van der Waals surface area contributed by atoms with Crippen molar-refractivity contribution < 1.29 is 5.11 Å². The number of thiocarbonyl (C=S) groups is 1. The molecule has 1 aliphatic heterocycles. The molecule has 0 aliphatic carbocycles. The molecular formula is C15H18N4OS. The predicted molar refractivity (Wildman–Crippen MR) is 84.7 cm³/mol. The predicted octanol–water partition coefficient (Wildman–Crippen LogP) is 1.38. The maximum atomic E-state index is 9.33. The molecule has 0 spiro atoms. The molecule has 0 saturated carbocycles. The molecule has 1 saturated heterocycles. The standard InChI is InChI=1S/C15H18N4OS/c1-18-8-4-6-12(18)14-13(11-5-2-3-7-16-11)17-15(21)19(14)9-10-20/h2-8,13-14,20H,9-10H2,1H3,(H,17,21)/t13-,14-/m0/s1. The van der Waals surface area contributed by atoms with Crippen LogP contribution in [-0.4, -0.2) is 37.8 Å². The van der Waals surface area contributed by atoms with Gasteiger partial charge in [-0.3, -0.25) is 4.98 Å². The summed E-state index contributed by atoms with van der Waals surface area (Å²) in [7, 11) is 2.02. The highest BCUT2D eigenvalue weighted by Gasteiger charge is 2.40. The molecule has 0 radical (unpaired) electrons. The number of nitrogens with zero attached hydrogens (tertiary/aromatic N) is 3. The van der Waals surface area contributed by atoms with Crippen LogP contribution in [0, 0.1) is 0 Å². The summed E-state index contributed by atoms with van der Waals surface area (Å²) >= 11 is 5.44. The van der Waals surface area contributed by atoms with Gasteiger partial charge in [-0.1, -0.05) is 6.07 Å². The average Bonchev–Trinajstić information content (AvgIpc) is 3.05. The molecule has 0 unspecified atom stereocenters. The molecule has 3 rings (SSSR count). The zero-order valence-corrected chi connectivity index (χ0v) is 12.6. The Bertz CT molecular complexity index is 628. The van der Waals surface area contributed by atoms with Gasteiger partial charge < -0.3 is 19.9 Å². The lowest BCUT2D eigenvalue weighted by atomic mass is 10.0. The highest BCUT2D eigenvalue weighted by atomic mass is 32.1. The van der Waals surface area contributed by atoms with Crippen molar-refractivity contribution >= 4 is 17.3 Å². The molecule has 3 heterocycles. The van der Waals surface area contributed by atoms with E-state index in [1.807, 2.05) is 42.4 Å². The van der Waals surface area contributed by atoms with Crippen molar-refractivity contribution in [2.24, 2.45) is 7.05 Å². The number of hydrogen-bond acceptors (Lipinski definition) is 3.